The van der Waals surface area contributed by atoms with E-state index in [-0.39, 0.29) is 17.1 Å². The maximum atomic E-state index is 3.26. The van der Waals surface area contributed by atoms with E-state index in [1.165, 1.54) is 57.1 Å². The minimum Gasteiger partial charge on any atom is -0.365 e. The van der Waals surface area contributed by atoms with Gasteiger partial charge in [-0.3, -0.25) is 0 Å². The second-order valence-electron chi connectivity index (χ2n) is 5.31. The zero-order valence-corrected chi connectivity index (χ0v) is 14.2. The van der Waals surface area contributed by atoms with Crippen LogP contribution in [0.15, 0.2) is 36.2 Å². The fourth-order valence-electron chi connectivity index (χ4n) is 2.17. The minimum atomic E-state index is 0. The second kappa shape index (κ2) is 15.5. The molecule has 121 valence electrons. The summed E-state index contributed by atoms with van der Waals surface area (Å²) in [7, 11) is 0. The third kappa shape index (κ3) is 12.5. The number of unbranched alkanes of at least 4 members (excludes halogenated alkanes) is 2. The molecule has 0 atom stereocenters. The standard InChI is InChI=1S/C11H17N.C8H12.Cu/c1-2-3-5-8-11-9-6-4-7-10-12-11;1-2-4-6-8-7-5-3-1;/h4,6-7,9-10,12H,2-3,5,8H2,1H3;1-6H2;. The molecule has 21 heavy (non-hydrogen) atoms. The predicted molar refractivity (Wildman–Crippen MR) is 89.1 cm³/mol. The van der Waals surface area contributed by atoms with E-state index in [0.29, 0.717) is 0 Å². The van der Waals surface area contributed by atoms with E-state index in [4.69, 9.17) is 0 Å². The van der Waals surface area contributed by atoms with Crippen molar-refractivity contribution >= 4 is 0 Å². The average molecular weight is 335 g/mol. The smallest absolute Gasteiger partial charge is 0.0146 e. The van der Waals surface area contributed by atoms with E-state index < -0.39 is 0 Å². The molecule has 1 nitrogen and oxygen atoms in total. The van der Waals surface area contributed by atoms with Crippen molar-refractivity contribution in [2.24, 2.45) is 0 Å². The van der Waals surface area contributed by atoms with Gasteiger partial charge in [0.2, 0.25) is 0 Å². The Kier molecular flexibility index (Phi) is 14.8. The summed E-state index contributed by atoms with van der Waals surface area (Å²) < 4.78 is 0. The summed E-state index contributed by atoms with van der Waals surface area (Å²) in [4.78, 5) is 0. The molecule has 0 aromatic heterocycles. The fourth-order valence-corrected chi connectivity index (χ4v) is 2.17. The molecule has 0 fully saturated rings. The van der Waals surface area contributed by atoms with E-state index in [1.807, 2.05) is 18.4 Å². The second-order valence-corrected chi connectivity index (χ2v) is 5.31. The SMILES string of the molecule is C1#CCCCCCC1.CCCCCC1=CC=CC=CN1.[Cu]. The van der Waals surface area contributed by atoms with Crippen LogP contribution in [-0.2, 0) is 17.1 Å². The molecule has 2 heteroatoms. The van der Waals surface area contributed by atoms with Crippen LogP contribution in [0.4, 0.5) is 0 Å². The molecule has 0 saturated heterocycles. The first kappa shape index (κ1) is 20.1. The van der Waals surface area contributed by atoms with Gasteiger partial charge in [-0.1, -0.05) is 44.8 Å². The van der Waals surface area contributed by atoms with Gasteiger partial charge in [-0.05, 0) is 37.8 Å². The van der Waals surface area contributed by atoms with Gasteiger partial charge in [0, 0.05) is 41.8 Å². The summed E-state index contributed by atoms with van der Waals surface area (Å²) in [6.07, 6.45) is 23.1. The largest absolute Gasteiger partial charge is 0.365 e. The molecule has 1 radical (unpaired) electrons. The van der Waals surface area contributed by atoms with Crippen LogP contribution in [0.5, 0.6) is 0 Å². The maximum Gasteiger partial charge on any atom is 0.0146 e. The normalized spacial score (nSPS) is 16.3. The molecule has 1 aliphatic carbocycles. The first-order chi connectivity index (χ1) is 9.93. The predicted octanol–water partition coefficient (Wildman–Crippen LogP) is 5.47. The van der Waals surface area contributed by atoms with E-state index in [2.05, 4.69) is 36.2 Å². The van der Waals surface area contributed by atoms with Crippen LogP contribution in [0, 0.1) is 11.8 Å². The van der Waals surface area contributed by atoms with Crippen LogP contribution in [0.25, 0.3) is 0 Å². The van der Waals surface area contributed by atoms with Crippen LogP contribution in [-0.4, -0.2) is 0 Å². The number of rotatable bonds is 4. The number of nitrogens with one attached hydrogen (secondary N) is 1. The molecule has 1 heterocycles. The van der Waals surface area contributed by atoms with Crippen LogP contribution in [0.3, 0.4) is 0 Å². The molecular weight excluding hydrogens is 306 g/mol. The Morgan fingerprint density at radius 3 is 2.33 bits per heavy atom. The summed E-state index contributed by atoms with van der Waals surface area (Å²) in [6, 6.07) is 0. The number of hydrogen-bond acceptors (Lipinski definition) is 1. The molecule has 0 amide bonds. The van der Waals surface area contributed by atoms with Crippen molar-refractivity contribution in [2.75, 3.05) is 0 Å². The summed E-state index contributed by atoms with van der Waals surface area (Å²) in [5, 5.41) is 3.26. The Balaban J connectivity index is 0.000000390. The first-order valence-electron chi connectivity index (χ1n) is 8.18. The molecule has 1 aliphatic heterocycles. The maximum absolute atomic E-state index is 3.26. The molecule has 0 unspecified atom stereocenters. The van der Waals surface area contributed by atoms with Crippen LogP contribution >= 0.6 is 0 Å². The van der Waals surface area contributed by atoms with Crippen molar-refractivity contribution in [3.63, 3.8) is 0 Å². The molecule has 1 N–H and O–H groups in total. The Morgan fingerprint density at radius 1 is 0.952 bits per heavy atom. The van der Waals surface area contributed by atoms with Gasteiger partial charge in [0.1, 0.15) is 0 Å². The number of hydrogen-bond donors (Lipinski definition) is 1. The van der Waals surface area contributed by atoms with E-state index in [0.717, 1.165) is 12.8 Å². The summed E-state index contributed by atoms with van der Waals surface area (Å²) in [5.41, 5.74) is 1.33. The van der Waals surface area contributed by atoms with Crippen molar-refractivity contribution in [2.45, 2.75) is 71.1 Å². The molecule has 2 rings (SSSR count). The van der Waals surface area contributed by atoms with E-state index >= 15 is 0 Å². The minimum absolute atomic E-state index is 0. The molecular formula is C19H29CuN. The number of allylic oxidation sites excluding steroid dienone is 5. The quantitative estimate of drug-likeness (QED) is 0.408. The van der Waals surface area contributed by atoms with Gasteiger partial charge in [0.15, 0.2) is 0 Å². The third-order valence-electron chi connectivity index (χ3n) is 3.41. The van der Waals surface area contributed by atoms with Crippen molar-refractivity contribution < 1.29 is 17.1 Å². The van der Waals surface area contributed by atoms with Gasteiger partial charge >= 0.3 is 0 Å². The Morgan fingerprint density at radius 2 is 1.67 bits per heavy atom. The Bertz CT molecular complexity index is 370. The van der Waals surface area contributed by atoms with Crippen LogP contribution in [0.1, 0.15) is 71.1 Å². The van der Waals surface area contributed by atoms with E-state index in [1.54, 1.807) is 0 Å². The third-order valence-corrected chi connectivity index (χ3v) is 3.41. The summed E-state index contributed by atoms with van der Waals surface area (Å²) in [5.74, 6) is 6.27. The molecule has 0 aromatic carbocycles. The van der Waals surface area contributed by atoms with Gasteiger partial charge in [0.25, 0.3) is 0 Å². The van der Waals surface area contributed by atoms with Gasteiger partial charge in [-0.25, -0.2) is 0 Å². The first-order valence-corrected chi connectivity index (χ1v) is 8.18. The van der Waals surface area contributed by atoms with Gasteiger partial charge in [-0.15, -0.1) is 11.8 Å². The molecule has 0 saturated carbocycles. The van der Waals surface area contributed by atoms with E-state index in [9.17, 15) is 0 Å². The zero-order chi connectivity index (χ0) is 14.3. The van der Waals surface area contributed by atoms with Gasteiger partial charge < -0.3 is 5.32 Å². The van der Waals surface area contributed by atoms with Crippen LogP contribution < -0.4 is 5.32 Å². The Hall–Kier alpha value is -0.901. The van der Waals surface area contributed by atoms with Crippen molar-refractivity contribution in [3.8, 4) is 11.8 Å². The van der Waals surface area contributed by atoms with Crippen molar-refractivity contribution in [3.05, 3.63) is 36.2 Å². The van der Waals surface area contributed by atoms with Crippen molar-refractivity contribution in [1.29, 1.82) is 0 Å². The zero-order valence-electron chi connectivity index (χ0n) is 13.3. The summed E-state index contributed by atoms with van der Waals surface area (Å²) >= 11 is 0. The van der Waals surface area contributed by atoms with Gasteiger partial charge in [0.05, 0.1) is 0 Å². The molecule has 0 spiro atoms. The van der Waals surface area contributed by atoms with Gasteiger partial charge in [-0.2, -0.15) is 0 Å². The average Bonchev–Trinajstić information content (AvgIpc) is 2.68. The summed E-state index contributed by atoms with van der Waals surface area (Å²) in [6.45, 7) is 2.23. The monoisotopic (exact) mass is 334 g/mol. The Labute approximate surface area is 141 Å². The van der Waals surface area contributed by atoms with Crippen LogP contribution in [0.2, 0.25) is 0 Å². The fraction of sp³-hybridized carbons (Fsp3) is 0.579. The molecule has 2 aliphatic rings. The molecule has 0 aromatic rings. The van der Waals surface area contributed by atoms with Crippen molar-refractivity contribution in [1.82, 2.24) is 5.32 Å². The topological polar surface area (TPSA) is 12.0 Å². The molecule has 0 bridgehead atoms.